The van der Waals surface area contributed by atoms with Gasteiger partial charge in [0.05, 0.1) is 33.1 Å². The average Bonchev–Trinajstić information content (AvgIpc) is 4.02. The van der Waals surface area contributed by atoms with Crippen molar-refractivity contribution >= 4 is 92.1 Å². The van der Waals surface area contributed by atoms with Crippen molar-refractivity contribution in [2.45, 2.75) is 32.6 Å². The van der Waals surface area contributed by atoms with E-state index in [0.717, 1.165) is 104 Å². The number of pyridine rings is 2. The molecule has 0 radical (unpaired) electrons. The molecule has 7 heterocycles. The molecule has 8 nitrogen and oxygen atoms in total. The van der Waals surface area contributed by atoms with Gasteiger partial charge in [0.2, 0.25) is 0 Å². The molecule has 0 amide bonds. The van der Waals surface area contributed by atoms with E-state index in [1.54, 1.807) is 12.4 Å². The van der Waals surface area contributed by atoms with E-state index < -0.39 is 0 Å². The SMILES string of the molecule is C1=C(c2ccc3c(c2)c2ncccc2n3-c2ccc3sc4ccc(-n5c6ccccc6c6ncccc65)cc4c3c2)C(c2ncccn2)=CCC1.CC1=CCCC=C1c1ncccn1. The molecule has 0 N–H and O–H groups in total. The van der Waals surface area contributed by atoms with Crippen molar-refractivity contribution in [2.75, 3.05) is 0 Å². The maximum Gasteiger partial charge on any atom is 0.159 e. The molecule has 0 spiro atoms. The van der Waals surface area contributed by atoms with Gasteiger partial charge in [0.15, 0.2) is 11.6 Å². The van der Waals surface area contributed by atoms with Crippen LogP contribution in [0.5, 0.6) is 0 Å². The Morgan fingerprint density at radius 3 is 1.56 bits per heavy atom. The van der Waals surface area contributed by atoms with Crippen molar-refractivity contribution in [3.63, 3.8) is 0 Å². The third-order valence-electron chi connectivity index (χ3n) is 12.4. The summed E-state index contributed by atoms with van der Waals surface area (Å²) in [5, 5.41) is 4.78. The van der Waals surface area contributed by atoms with Gasteiger partial charge in [-0.1, -0.05) is 48.6 Å². The highest BCUT2D eigenvalue weighted by Gasteiger charge is 2.20. The molecule has 7 aromatic heterocycles. The average molecular weight is 845 g/mol. The minimum Gasteiger partial charge on any atom is -0.308 e. The van der Waals surface area contributed by atoms with Crippen LogP contribution in [-0.2, 0) is 0 Å². The van der Waals surface area contributed by atoms with Crippen molar-refractivity contribution in [1.82, 2.24) is 39.0 Å². The molecule has 11 aromatic rings. The molecule has 0 saturated carbocycles. The second kappa shape index (κ2) is 15.8. The summed E-state index contributed by atoms with van der Waals surface area (Å²) in [7, 11) is 0. The van der Waals surface area contributed by atoms with Crippen LogP contribution in [0.1, 0.15) is 49.8 Å². The van der Waals surface area contributed by atoms with Crippen LogP contribution < -0.4 is 0 Å². The Bertz CT molecular complexity index is 3690. The summed E-state index contributed by atoms with van der Waals surface area (Å²) < 4.78 is 7.24. The smallest absolute Gasteiger partial charge is 0.159 e. The number of allylic oxidation sites excluding steroid dienone is 8. The van der Waals surface area contributed by atoms with Crippen LogP contribution in [-0.4, -0.2) is 39.0 Å². The van der Waals surface area contributed by atoms with E-state index >= 15 is 0 Å². The topological polar surface area (TPSA) is 87.2 Å². The highest BCUT2D eigenvalue weighted by Crippen LogP contribution is 2.41. The fourth-order valence-electron chi connectivity index (χ4n) is 9.48. The highest BCUT2D eigenvalue weighted by atomic mass is 32.1. The van der Waals surface area contributed by atoms with Crippen LogP contribution in [0, 0.1) is 0 Å². The van der Waals surface area contributed by atoms with Gasteiger partial charge in [-0.15, -0.1) is 11.3 Å². The first kappa shape index (κ1) is 37.8. The molecule has 0 aliphatic heterocycles. The summed E-state index contributed by atoms with van der Waals surface area (Å²) in [6.45, 7) is 2.11. The first-order chi connectivity index (χ1) is 31.7. The number of thiophene rings is 1. The van der Waals surface area contributed by atoms with Gasteiger partial charge in [-0.2, -0.15) is 0 Å². The Hall–Kier alpha value is -7.88. The normalized spacial score (nSPS) is 14.1. The van der Waals surface area contributed by atoms with Gasteiger partial charge >= 0.3 is 0 Å². The Morgan fingerprint density at radius 1 is 0.406 bits per heavy atom. The van der Waals surface area contributed by atoms with Crippen LogP contribution in [0.2, 0.25) is 0 Å². The van der Waals surface area contributed by atoms with Crippen LogP contribution in [0.3, 0.4) is 0 Å². The summed E-state index contributed by atoms with van der Waals surface area (Å²) in [6.07, 6.45) is 24.2. The Kier molecular flexibility index (Phi) is 9.34. The standard InChI is InChI=1S/C44H28N6S.C11H12N2/c1-2-9-31(44-47-22-7-23-48-44)30(8-1)27-14-17-37-35(24-27)43-39(13-6-21-46-43)50(37)29-16-19-41-34(26-29)33-25-28(15-18-40(33)51-41)49-36-11-4-3-10-32(36)42-38(49)12-5-20-45-42;1-9-5-2-3-6-10(9)11-12-7-4-8-13-11/h3-26H,1-2H2;4-8H,2-3H2,1H3. The van der Waals surface area contributed by atoms with Crippen molar-refractivity contribution < 1.29 is 0 Å². The van der Waals surface area contributed by atoms with E-state index in [4.69, 9.17) is 9.97 Å². The third-order valence-corrected chi connectivity index (χ3v) is 13.5. The van der Waals surface area contributed by atoms with Gasteiger partial charge in [0.1, 0.15) is 0 Å². The molecule has 0 unspecified atom stereocenters. The molecule has 0 atom stereocenters. The van der Waals surface area contributed by atoms with Crippen molar-refractivity contribution in [3.8, 4) is 11.4 Å². The fraction of sp³-hybridized carbons (Fsp3) is 0.0909. The number of aromatic nitrogens is 8. The Morgan fingerprint density at radius 2 is 0.922 bits per heavy atom. The van der Waals surface area contributed by atoms with Crippen LogP contribution in [0.4, 0.5) is 0 Å². The fourth-order valence-corrected chi connectivity index (χ4v) is 10.5. The third kappa shape index (κ3) is 6.43. The van der Waals surface area contributed by atoms with Crippen molar-refractivity contribution in [2.24, 2.45) is 0 Å². The van der Waals surface area contributed by atoms with E-state index in [2.05, 4.69) is 151 Å². The molecule has 0 fully saturated rings. The zero-order valence-electron chi connectivity index (χ0n) is 35.1. The number of nitrogens with zero attached hydrogens (tertiary/aromatic N) is 8. The summed E-state index contributed by atoms with van der Waals surface area (Å²) in [6, 6.07) is 41.1. The second-order valence-electron chi connectivity index (χ2n) is 16.2. The lowest BCUT2D eigenvalue weighted by molar-refractivity contribution is 1.01. The largest absolute Gasteiger partial charge is 0.308 e. The molecule has 2 aliphatic carbocycles. The van der Waals surface area contributed by atoms with Gasteiger partial charge in [0, 0.05) is 90.6 Å². The van der Waals surface area contributed by atoms with E-state index in [9.17, 15) is 0 Å². The predicted molar refractivity (Wildman–Crippen MR) is 264 cm³/mol. The summed E-state index contributed by atoms with van der Waals surface area (Å²) in [4.78, 5) is 27.3. The van der Waals surface area contributed by atoms with Gasteiger partial charge in [-0.05, 0) is 140 Å². The number of benzene rings is 4. The predicted octanol–water partition coefficient (Wildman–Crippen LogP) is 13.7. The molecule has 64 heavy (non-hydrogen) atoms. The van der Waals surface area contributed by atoms with Gasteiger partial charge < -0.3 is 9.13 Å². The first-order valence-electron chi connectivity index (χ1n) is 21.7. The number of hydrogen-bond donors (Lipinski definition) is 0. The monoisotopic (exact) mass is 844 g/mol. The van der Waals surface area contributed by atoms with E-state index in [-0.39, 0.29) is 0 Å². The quantitative estimate of drug-likeness (QED) is 0.171. The lowest BCUT2D eigenvalue weighted by atomic mass is 9.90. The zero-order chi connectivity index (χ0) is 42.6. The lowest BCUT2D eigenvalue weighted by Gasteiger charge is -2.16. The summed E-state index contributed by atoms with van der Waals surface area (Å²) in [5.41, 5.74) is 14.6. The van der Waals surface area contributed by atoms with E-state index in [1.807, 2.05) is 60.4 Å². The Labute approximate surface area is 373 Å². The maximum absolute atomic E-state index is 4.93. The molecule has 13 rings (SSSR count). The van der Waals surface area contributed by atoms with Gasteiger partial charge in [0.25, 0.3) is 0 Å². The molecule has 9 heteroatoms. The molecule has 2 aliphatic rings. The van der Waals surface area contributed by atoms with E-state index in [1.165, 1.54) is 36.9 Å². The summed E-state index contributed by atoms with van der Waals surface area (Å²) in [5.74, 6) is 1.61. The number of fused-ring (bicyclic) bond motifs is 9. The second-order valence-corrected chi connectivity index (χ2v) is 17.2. The van der Waals surface area contributed by atoms with Gasteiger partial charge in [-0.25, -0.2) is 19.9 Å². The van der Waals surface area contributed by atoms with Crippen LogP contribution in [0.15, 0.2) is 182 Å². The maximum atomic E-state index is 4.93. The van der Waals surface area contributed by atoms with Crippen molar-refractivity contribution in [3.05, 3.63) is 200 Å². The Balaban J connectivity index is 0.000000287. The zero-order valence-corrected chi connectivity index (χ0v) is 35.9. The number of hydrogen-bond acceptors (Lipinski definition) is 7. The summed E-state index contributed by atoms with van der Waals surface area (Å²) >= 11 is 1.84. The number of rotatable bonds is 5. The lowest BCUT2D eigenvalue weighted by Crippen LogP contribution is -1.99. The first-order valence-corrected chi connectivity index (χ1v) is 22.5. The highest BCUT2D eigenvalue weighted by molar-refractivity contribution is 7.25. The minimum atomic E-state index is 0.762. The van der Waals surface area contributed by atoms with Crippen molar-refractivity contribution in [1.29, 1.82) is 0 Å². The molecular weight excluding hydrogens is 805 g/mol. The molecule has 306 valence electrons. The molecular formula is C55H40N8S. The number of para-hydroxylation sites is 1. The molecule has 0 saturated heterocycles. The minimum absolute atomic E-state index is 0.762. The van der Waals surface area contributed by atoms with Gasteiger partial charge in [-0.3, -0.25) is 9.97 Å². The van der Waals surface area contributed by atoms with Crippen LogP contribution in [0.25, 0.3) is 92.1 Å². The molecule has 0 bridgehead atoms. The van der Waals surface area contributed by atoms with E-state index in [0.29, 0.717) is 0 Å². The molecule has 4 aromatic carbocycles. The van der Waals surface area contributed by atoms with Crippen LogP contribution >= 0.6 is 11.3 Å².